The minimum Gasteiger partial charge on any atom is -0.356 e. The SMILES string of the molecule is CCNC(=O)C1CC(=O)N(c2ccc(C)cc2)C1. The standard InChI is InChI=1S/C14H18N2O2/c1-3-15-14(18)11-8-13(17)16(9-11)12-6-4-10(2)5-7-12/h4-7,11H,3,8-9H2,1-2H3,(H,15,18). The van der Waals surface area contributed by atoms with Gasteiger partial charge in [0.1, 0.15) is 0 Å². The summed E-state index contributed by atoms with van der Waals surface area (Å²) in [6.45, 7) is 4.97. The van der Waals surface area contributed by atoms with E-state index in [9.17, 15) is 9.59 Å². The number of hydrogen-bond donors (Lipinski definition) is 1. The summed E-state index contributed by atoms with van der Waals surface area (Å²) in [5.41, 5.74) is 2.03. The molecule has 0 spiro atoms. The summed E-state index contributed by atoms with van der Waals surface area (Å²) in [6.07, 6.45) is 0.305. The van der Waals surface area contributed by atoms with Gasteiger partial charge in [0, 0.05) is 25.2 Å². The number of carbonyl (C=O) groups is 2. The summed E-state index contributed by atoms with van der Waals surface area (Å²) in [4.78, 5) is 25.4. The molecule has 1 aromatic carbocycles. The molecule has 1 unspecified atom stereocenters. The lowest BCUT2D eigenvalue weighted by molar-refractivity contribution is -0.126. The van der Waals surface area contributed by atoms with Crippen LogP contribution in [-0.2, 0) is 9.59 Å². The summed E-state index contributed by atoms with van der Waals surface area (Å²) in [7, 11) is 0. The van der Waals surface area contributed by atoms with Crippen LogP contribution in [0.15, 0.2) is 24.3 Å². The van der Waals surface area contributed by atoms with Crippen LogP contribution in [0.4, 0.5) is 5.69 Å². The molecule has 96 valence electrons. The first-order chi connectivity index (χ1) is 8.61. The van der Waals surface area contributed by atoms with Crippen molar-refractivity contribution in [3.8, 4) is 0 Å². The third-order valence-corrected chi connectivity index (χ3v) is 3.19. The van der Waals surface area contributed by atoms with Gasteiger partial charge in [-0.3, -0.25) is 9.59 Å². The second-order valence-electron chi connectivity index (χ2n) is 4.64. The maximum atomic E-state index is 11.9. The quantitative estimate of drug-likeness (QED) is 0.878. The molecule has 0 radical (unpaired) electrons. The molecule has 1 aliphatic rings. The Labute approximate surface area is 107 Å². The molecule has 4 nitrogen and oxygen atoms in total. The molecule has 1 aromatic rings. The van der Waals surface area contributed by atoms with E-state index in [0.717, 1.165) is 11.3 Å². The molecule has 1 N–H and O–H groups in total. The normalized spacial score (nSPS) is 19.1. The average Bonchev–Trinajstić information content (AvgIpc) is 2.73. The van der Waals surface area contributed by atoms with Crippen LogP contribution >= 0.6 is 0 Å². The van der Waals surface area contributed by atoms with E-state index in [1.165, 1.54) is 0 Å². The van der Waals surface area contributed by atoms with Gasteiger partial charge < -0.3 is 10.2 Å². The van der Waals surface area contributed by atoms with E-state index in [2.05, 4.69) is 5.32 Å². The zero-order valence-corrected chi connectivity index (χ0v) is 10.8. The van der Waals surface area contributed by atoms with Gasteiger partial charge in [-0.15, -0.1) is 0 Å². The van der Waals surface area contributed by atoms with Crippen molar-refractivity contribution in [1.29, 1.82) is 0 Å². The number of nitrogens with zero attached hydrogens (tertiary/aromatic N) is 1. The number of benzene rings is 1. The maximum Gasteiger partial charge on any atom is 0.227 e. The topological polar surface area (TPSA) is 49.4 Å². The highest BCUT2D eigenvalue weighted by Crippen LogP contribution is 2.25. The lowest BCUT2D eigenvalue weighted by Crippen LogP contribution is -2.32. The second kappa shape index (κ2) is 5.21. The zero-order valence-electron chi connectivity index (χ0n) is 10.8. The Morgan fingerprint density at radius 2 is 2.06 bits per heavy atom. The van der Waals surface area contributed by atoms with E-state index in [0.29, 0.717) is 19.5 Å². The number of carbonyl (C=O) groups excluding carboxylic acids is 2. The van der Waals surface area contributed by atoms with Crippen LogP contribution in [0.1, 0.15) is 18.9 Å². The van der Waals surface area contributed by atoms with Crippen LogP contribution in [-0.4, -0.2) is 24.9 Å². The van der Waals surface area contributed by atoms with Crippen molar-refractivity contribution in [2.75, 3.05) is 18.0 Å². The van der Waals surface area contributed by atoms with E-state index >= 15 is 0 Å². The lowest BCUT2D eigenvalue weighted by atomic mass is 10.1. The van der Waals surface area contributed by atoms with E-state index in [4.69, 9.17) is 0 Å². The van der Waals surface area contributed by atoms with Gasteiger partial charge in [0.25, 0.3) is 0 Å². The highest BCUT2D eigenvalue weighted by molar-refractivity contribution is 6.00. The smallest absolute Gasteiger partial charge is 0.227 e. The molecule has 0 aromatic heterocycles. The highest BCUT2D eigenvalue weighted by atomic mass is 16.2. The van der Waals surface area contributed by atoms with Crippen LogP contribution in [0.3, 0.4) is 0 Å². The fourth-order valence-corrected chi connectivity index (χ4v) is 2.18. The van der Waals surface area contributed by atoms with E-state index in [1.807, 2.05) is 38.1 Å². The van der Waals surface area contributed by atoms with Gasteiger partial charge in [-0.25, -0.2) is 0 Å². The summed E-state index contributed by atoms with van der Waals surface area (Å²) in [5, 5.41) is 2.77. The van der Waals surface area contributed by atoms with Crippen molar-refractivity contribution in [2.45, 2.75) is 20.3 Å². The first-order valence-corrected chi connectivity index (χ1v) is 6.26. The molecule has 2 rings (SSSR count). The highest BCUT2D eigenvalue weighted by Gasteiger charge is 2.34. The van der Waals surface area contributed by atoms with Crippen molar-refractivity contribution in [3.05, 3.63) is 29.8 Å². The maximum absolute atomic E-state index is 11.9. The van der Waals surface area contributed by atoms with Crippen molar-refractivity contribution in [1.82, 2.24) is 5.32 Å². The van der Waals surface area contributed by atoms with Crippen LogP contribution in [0, 0.1) is 12.8 Å². The molecule has 1 aliphatic heterocycles. The Kier molecular flexibility index (Phi) is 3.65. The van der Waals surface area contributed by atoms with E-state index in [-0.39, 0.29) is 17.7 Å². The monoisotopic (exact) mass is 246 g/mol. The predicted octanol–water partition coefficient (Wildman–Crippen LogP) is 1.48. The minimum atomic E-state index is -0.223. The largest absolute Gasteiger partial charge is 0.356 e. The molecule has 1 fully saturated rings. The third kappa shape index (κ3) is 2.53. The number of rotatable bonds is 3. The number of hydrogen-bond acceptors (Lipinski definition) is 2. The second-order valence-corrected chi connectivity index (χ2v) is 4.64. The van der Waals surface area contributed by atoms with Gasteiger partial charge in [0.15, 0.2) is 0 Å². The van der Waals surface area contributed by atoms with Crippen LogP contribution in [0.5, 0.6) is 0 Å². The molecule has 4 heteroatoms. The van der Waals surface area contributed by atoms with Crippen molar-refractivity contribution in [2.24, 2.45) is 5.92 Å². The predicted molar refractivity (Wildman–Crippen MR) is 70.3 cm³/mol. The molecular weight excluding hydrogens is 228 g/mol. The number of aryl methyl sites for hydroxylation is 1. The lowest BCUT2D eigenvalue weighted by Gasteiger charge is -2.16. The zero-order chi connectivity index (χ0) is 13.1. The Morgan fingerprint density at radius 3 is 2.67 bits per heavy atom. The fourth-order valence-electron chi connectivity index (χ4n) is 2.18. The van der Waals surface area contributed by atoms with Gasteiger partial charge in [-0.1, -0.05) is 17.7 Å². The van der Waals surface area contributed by atoms with Crippen molar-refractivity contribution >= 4 is 17.5 Å². The van der Waals surface area contributed by atoms with Gasteiger partial charge >= 0.3 is 0 Å². The Balaban J connectivity index is 2.10. The summed E-state index contributed by atoms with van der Waals surface area (Å²) in [6, 6.07) is 7.80. The van der Waals surface area contributed by atoms with Crippen molar-refractivity contribution in [3.63, 3.8) is 0 Å². The van der Waals surface area contributed by atoms with Crippen molar-refractivity contribution < 1.29 is 9.59 Å². The van der Waals surface area contributed by atoms with E-state index < -0.39 is 0 Å². The van der Waals surface area contributed by atoms with Gasteiger partial charge in [-0.05, 0) is 26.0 Å². The van der Waals surface area contributed by atoms with Gasteiger partial charge in [-0.2, -0.15) is 0 Å². The van der Waals surface area contributed by atoms with Crippen LogP contribution in [0.25, 0.3) is 0 Å². The number of amides is 2. The third-order valence-electron chi connectivity index (χ3n) is 3.19. The minimum absolute atomic E-state index is 0.0232. The van der Waals surface area contributed by atoms with Gasteiger partial charge in [0.2, 0.25) is 11.8 Å². The molecule has 18 heavy (non-hydrogen) atoms. The molecule has 0 aliphatic carbocycles. The Bertz CT molecular complexity index is 453. The van der Waals surface area contributed by atoms with Gasteiger partial charge in [0.05, 0.1) is 5.92 Å². The summed E-state index contributed by atoms with van der Waals surface area (Å²) >= 11 is 0. The van der Waals surface area contributed by atoms with Crippen LogP contribution in [0.2, 0.25) is 0 Å². The number of nitrogens with one attached hydrogen (secondary N) is 1. The molecule has 1 atom stereocenters. The van der Waals surface area contributed by atoms with E-state index in [1.54, 1.807) is 4.90 Å². The molecule has 1 heterocycles. The number of anilines is 1. The molecular formula is C14H18N2O2. The fraction of sp³-hybridized carbons (Fsp3) is 0.429. The summed E-state index contributed by atoms with van der Waals surface area (Å²) < 4.78 is 0. The molecule has 1 saturated heterocycles. The first-order valence-electron chi connectivity index (χ1n) is 6.26. The summed E-state index contributed by atoms with van der Waals surface area (Å²) in [5.74, 6) is -0.227. The molecule has 0 bridgehead atoms. The van der Waals surface area contributed by atoms with Crippen LogP contribution < -0.4 is 10.2 Å². The average molecular weight is 246 g/mol. The molecule has 2 amide bonds. The Morgan fingerprint density at radius 1 is 1.39 bits per heavy atom. The Hall–Kier alpha value is -1.84. The first kappa shape index (κ1) is 12.6. The molecule has 0 saturated carbocycles.